The normalized spacial score (nSPS) is 12.7. The summed E-state index contributed by atoms with van der Waals surface area (Å²) in [5.74, 6) is -0.0302. The number of halogens is 1. The van der Waals surface area contributed by atoms with Gasteiger partial charge in [0.15, 0.2) is 12.3 Å². The molecule has 8 heteroatoms. The largest absolute Gasteiger partial charge is 0.482 e. The number of anilines is 2. The highest BCUT2D eigenvalue weighted by atomic mass is 35.5. The quantitative estimate of drug-likeness (QED) is 0.726. The fourth-order valence-electron chi connectivity index (χ4n) is 2.81. The van der Waals surface area contributed by atoms with Gasteiger partial charge in [-0.3, -0.25) is 9.59 Å². The monoisotopic (exact) mass is 382 g/mol. The lowest BCUT2D eigenvalue weighted by Crippen LogP contribution is -2.25. The Kier molecular flexibility index (Phi) is 4.29. The number of benzene rings is 2. The number of hydrogen-bond donors (Lipinski definition) is 2. The lowest BCUT2D eigenvalue weighted by atomic mass is 10.2. The molecule has 136 valence electrons. The second-order valence-electron chi connectivity index (χ2n) is 6.06. The summed E-state index contributed by atoms with van der Waals surface area (Å²) in [5.41, 5.74) is 2.89. The van der Waals surface area contributed by atoms with Gasteiger partial charge in [-0.1, -0.05) is 17.7 Å². The van der Waals surface area contributed by atoms with Gasteiger partial charge in [-0.2, -0.15) is 5.10 Å². The molecule has 7 nitrogen and oxygen atoms in total. The molecule has 0 spiro atoms. The maximum atomic E-state index is 12.6. The van der Waals surface area contributed by atoms with Gasteiger partial charge in [0.1, 0.15) is 5.75 Å². The highest BCUT2D eigenvalue weighted by Gasteiger charge is 2.18. The van der Waals surface area contributed by atoms with Crippen LogP contribution in [0.15, 0.2) is 48.5 Å². The number of hydrogen-bond acceptors (Lipinski definition) is 4. The van der Waals surface area contributed by atoms with Crippen molar-refractivity contribution < 1.29 is 14.3 Å². The zero-order chi connectivity index (χ0) is 19.0. The minimum Gasteiger partial charge on any atom is -0.482 e. The topological polar surface area (TPSA) is 85.2 Å². The number of rotatable bonds is 3. The summed E-state index contributed by atoms with van der Waals surface area (Å²) in [6.45, 7) is 1.84. The number of aryl methyl sites for hydroxylation is 1. The van der Waals surface area contributed by atoms with Crippen LogP contribution < -0.4 is 15.4 Å². The minimum atomic E-state index is -0.359. The number of fused-ring (bicyclic) bond motifs is 1. The van der Waals surface area contributed by atoms with Crippen LogP contribution in [0.4, 0.5) is 11.4 Å². The molecule has 2 N–H and O–H groups in total. The Bertz CT molecular complexity index is 1060. The van der Waals surface area contributed by atoms with Crippen molar-refractivity contribution in [2.24, 2.45) is 0 Å². The van der Waals surface area contributed by atoms with Gasteiger partial charge in [0.05, 0.1) is 11.4 Å². The summed E-state index contributed by atoms with van der Waals surface area (Å²) in [7, 11) is 0. The van der Waals surface area contributed by atoms with Gasteiger partial charge in [-0.15, -0.1) is 0 Å². The lowest BCUT2D eigenvalue weighted by Gasteiger charge is -2.18. The molecule has 3 aromatic rings. The first-order valence-corrected chi connectivity index (χ1v) is 8.58. The SMILES string of the molecule is Cc1cc(C(=O)Nc2ccc3c(c2)NC(=O)CO3)nn1-c1cccc(Cl)c1. The van der Waals surface area contributed by atoms with Crippen LogP contribution in [0.5, 0.6) is 5.75 Å². The van der Waals surface area contributed by atoms with Crippen molar-refractivity contribution in [2.45, 2.75) is 6.92 Å². The van der Waals surface area contributed by atoms with E-state index in [4.69, 9.17) is 16.3 Å². The van der Waals surface area contributed by atoms with Crippen molar-refractivity contribution in [3.05, 3.63) is 64.9 Å². The van der Waals surface area contributed by atoms with Gasteiger partial charge < -0.3 is 15.4 Å². The fraction of sp³-hybridized carbons (Fsp3) is 0.105. The smallest absolute Gasteiger partial charge is 0.276 e. The molecule has 1 aliphatic heterocycles. The third-order valence-electron chi connectivity index (χ3n) is 4.04. The molecule has 0 aliphatic carbocycles. The molecule has 0 unspecified atom stereocenters. The Morgan fingerprint density at radius 3 is 2.93 bits per heavy atom. The lowest BCUT2D eigenvalue weighted by molar-refractivity contribution is -0.118. The third-order valence-corrected chi connectivity index (χ3v) is 4.28. The van der Waals surface area contributed by atoms with Gasteiger partial charge >= 0.3 is 0 Å². The van der Waals surface area contributed by atoms with Crippen LogP contribution in [0.1, 0.15) is 16.2 Å². The van der Waals surface area contributed by atoms with Crippen LogP contribution in [0.3, 0.4) is 0 Å². The van der Waals surface area contributed by atoms with E-state index in [1.807, 2.05) is 19.1 Å². The zero-order valence-electron chi connectivity index (χ0n) is 14.3. The molecule has 0 atom stereocenters. The van der Waals surface area contributed by atoms with Crippen LogP contribution in [-0.4, -0.2) is 28.2 Å². The van der Waals surface area contributed by atoms with Crippen LogP contribution in [0.2, 0.25) is 5.02 Å². The second kappa shape index (κ2) is 6.77. The second-order valence-corrected chi connectivity index (χ2v) is 6.50. The van der Waals surface area contributed by atoms with E-state index in [0.717, 1.165) is 11.4 Å². The number of carbonyl (C=O) groups is 2. The molecule has 0 radical (unpaired) electrons. The summed E-state index contributed by atoms with van der Waals surface area (Å²) in [6.07, 6.45) is 0. The van der Waals surface area contributed by atoms with E-state index in [-0.39, 0.29) is 24.1 Å². The van der Waals surface area contributed by atoms with E-state index in [9.17, 15) is 9.59 Å². The van der Waals surface area contributed by atoms with E-state index in [0.29, 0.717) is 22.1 Å². The number of carbonyl (C=O) groups excluding carboxylic acids is 2. The predicted octanol–water partition coefficient (Wildman–Crippen LogP) is 3.42. The van der Waals surface area contributed by atoms with Crippen molar-refractivity contribution >= 4 is 34.8 Å². The zero-order valence-corrected chi connectivity index (χ0v) is 15.1. The van der Waals surface area contributed by atoms with Crippen LogP contribution >= 0.6 is 11.6 Å². The number of aromatic nitrogens is 2. The molecular formula is C19H15ClN4O3. The number of ether oxygens (including phenoxy) is 1. The van der Waals surface area contributed by atoms with E-state index in [1.165, 1.54) is 0 Å². The molecule has 0 saturated carbocycles. The van der Waals surface area contributed by atoms with E-state index in [1.54, 1.807) is 41.1 Å². The minimum absolute atomic E-state index is 0.0150. The first-order chi connectivity index (χ1) is 13.0. The number of nitrogens with one attached hydrogen (secondary N) is 2. The van der Waals surface area contributed by atoms with Crippen LogP contribution in [0.25, 0.3) is 5.69 Å². The van der Waals surface area contributed by atoms with Crippen molar-refractivity contribution in [3.8, 4) is 11.4 Å². The first-order valence-electron chi connectivity index (χ1n) is 8.20. The van der Waals surface area contributed by atoms with E-state index in [2.05, 4.69) is 15.7 Å². The van der Waals surface area contributed by atoms with Gasteiger partial charge in [-0.05, 0) is 49.4 Å². The Morgan fingerprint density at radius 1 is 1.26 bits per heavy atom. The molecule has 0 saturated heterocycles. The molecule has 2 heterocycles. The van der Waals surface area contributed by atoms with Gasteiger partial charge in [0.2, 0.25) is 0 Å². The third kappa shape index (κ3) is 3.50. The summed E-state index contributed by atoms with van der Waals surface area (Å²) < 4.78 is 6.96. The highest BCUT2D eigenvalue weighted by molar-refractivity contribution is 6.30. The van der Waals surface area contributed by atoms with Crippen LogP contribution in [-0.2, 0) is 4.79 Å². The Morgan fingerprint density at radius 2 is 2.11 bits per heavy atom. The molecule has 4 rings (SSSR count). The number of nitrogens with zero attached hydrogens (tertiary/aromatic N) is 2. The Hall–Kier alpha value is -3.32. The molecule has 2 aromatic carbocycles. The molecular weight excluding hydrogens is 368 g/mol. The maximum Gasteiger partial charge on any atom is 0.276 e. The average molecular weight is 383 g/mol. The molecule has 27 heavy (non-hydrogen) atoms. The van der Waals surface area contributed by atoms with E-state index >= 15 is 0 Å². The summed E-state index contributed by atoms with van der Waals surface area (Å²) in [4.78, 5) is 24.0. The Balaban J connectivity index is 1.56. The average Bonchev–Trinajstić information content (AvgIpc) is 3.03. The van der Waals surface area contributed by atoms with Crippen molar-refractivity contribution in [1.29, 1.82) is 0 Å². The number of amides is 2. The molecule has 2 amide bonds. The van der Waals surface area contributed by atoms with Gasteiger partial charge in [0, 0.05) is 16.4 Å². The highest BCUT2D eigenvalue weighted by Crippen LogP contribution is 2.30. The van der Waals surface area contributed by atoms with Crippen molar-refractivity contribution in [3.63, 3.8) is 0 Å². The summed E-state index contributed by atoms with van der Waals surface area (Å²) in [6, 6.07) is 14.0. The molecule has 1 aromatic heterocycles. The van der Waals surface area contributed by atoms with Gasteiger partial charge in [0.25, 0.3) is 11.8 Å². The van der Waals surface area contributed by atoms with E-state index < -0.39 is 0 Å². The molecule has 1 aliphatic rings. The summed E-state index contributed by atoms with van der Waals surface area (Å²) >= 11 is 6.03. The maximum absolute atomic E-state index is 12.6. The van der Waals surface area contributed by atoms with Crippen LogP contribution in [0, 0.1) is 6.92 Å². The van der Waals surface area contributed by atoms with Gasteiger partial charge in [-0.25, -0.2) is 4.68 Å². The first kappa shape index (κ1) is 17.1. The van der Waals surface area contributed by atoms with Crippen molar-refractivity contribution in [2.75, 3.05) is 17.2 Å². The molecule has 0 fully saturated rings. The Labute approximate surface area is 159 Å². The predicted molar refractivity (Wildman–Crippen MR) is 102 cm³/mol. The van der Waals surface area contributed by atoms with Crippen molar-refractivity contribution in [1.82, 2.24) is 9.78 Å². The fourth-order valence-corrected chi connectivity index (χ4v) is 3.00. The molecule has 0 bridgehead atoms. The summed E-state index contributed by atoms with van der Waals surface area (Å²) in [5, 5.41) is 10.4. The standard InChI is InChI=1S/C19H15ClN4O3/c1-11-7-16(23-24(11)14-4-2-3-12(20)8-14)19(26)21-13-5-6-17-15(9-13)22-18(25)10-27-17/h2-9H,10H2,1H3,(H,21,26)(H,22,25).